The Kier molecular flexibility index (Phi) is 7.76. The summed E-state index contributed by atoms with van der Waals surface area (Å²) in [6.45, 7) is 3.52. The highest BCUT2D eigenvalue weighted by molar-refractivity contribution is 6.30. The second-order valence-electron chi connectivity index (χ2n) is 9.25. The number of oxazole rings is 1. The Morgan fingerprint density at radius 3 is 2.71 bits per heavy atom. The highest BCUT2D eigenvalue weighted by Crippen LogP contribution is 2.36. The third-order valence-electron chi connectivity index (χ3n) is 6.45. The Bertz CT molecular complexity index is 1170. The topological polar surface area (TPSA) is 75.9 Å². The van der Waals surface area contributed by atoms with Crippen LogP contribution in [0.2, 0.25) is 5.02 Å². The van der Waals surface area contributed by atoms with E-state index < -0.39 is 5.41 Å². The molecule has 1 saturated heterocycles. The summed E-state index contributed by atoms with van der Waals surface area (Å²) in [6, 6.07) is 17.1. The SMILES string of the molecule is Cc1ocnc1C(=O)N1CCC[C@](COc2cccc(Cl)c2)(CC(=O)N(C)Cc2ccccc2)C1. The minimum Gasteiger partial charge on any atom is -0.493 e. The summed E-state index contributed by atoms with van der Waals surface area (Å²) in [5, 5.41) is 0.581. The summed E-state index contributed by atoms with van der Waals surface area (Å²) in [4.78, 5) is 34.2. The van der Waals surface area contributed by atoms with Gasteiger partial charge in [0, 0.05) is 43.5 Å². The molecule has 8 heteroatoms. The number of halogens is 1. The summed E-state index contributed by atoms with van der Waals surface area (Å²) in [7, 11) is 1.81. The third-order valence-corrected chi connectivity index (χ3v) is 6.69. The first-order valence-electron chi connectivity index (χ1n) is 11.7. The lowest BCUT2D eigenvalue weighted by Gasteiger charge is -2.42. The minimum atomic E-state index is -0.546. The summed E-state index contributed by atoms with van der Waals surface area (Å²) in [6.07, 6.45) is 3.07. The Morgan fingerprint density at radius 1 is 1.20 bits per heavy atom. The number of aryl methyl sites for hydroxylation is 1. The van der Waals surface area contributed by atoms with Gasteiger partial charge in [-0.1, -0.05) is 48.0 Å². The molecule has 0 spiro atoms. The highest BCUT2D eigenvalue weighted by Gasteiger charge is 2.41. The van der Waals surface area contributed by atoms with Crippen molar-refractivity contribution in [2.24, 2.45) is 5.41 Å². The largest absolute Gasteiger partial charge is 0.493 e. The summed E-state index contributed by atoms with van der Waals surface area (Å²) >= 11 is 6.13. The molecule has 1 aliphatic heterocycles. The van der Waals surface area contributed by atoms with Crippen LogP contribution >= 0.6 is 11.6 Å². The van der Waals surface area contributed by atoms with Gasteiger partial charge in [0.15, 0.2) is 12.1 Å². The van der Waals surface area contributed by atoms with E-state index in [9.17, 15) is 9.59 Å². The zero-order valence-electron chi connectivity index (χ0n) is 20.1. The molecule has 4 rings (SSSR count). The number of carbonyl (C=O) groups excluding carboxylic acids is 2. The van der Waals surface area contributed by atoms with Crippen molar-refractivity contribution in [1.29, 1.82) is 0 Å². The van der Waals surface area contributed by atoms with Crippen LogP contribution < -0.4 is 4.74 Å². The molecule has 1 atom stereocenters. The quantitative estimate of drug-likeness (QED) is 0.440. The fourth-order valence-electron chi connectivity index (χ4n) is 4.55. The van der Waals surface area contributed by atoms with Crippen molar-refractivity contribution < 1.29 is 18.7 Å². The molecular weight excluding hydrogens is 466 g/mol. The maximum absolute atomic E-state index is 13.4. The molecule has 2 heterocycles. The molecule has 0 N–H and O–H groups in total. The van der Waals surface area contributed by atoms with Crippen LogP contribution in [0, 0.1) is 12.3 Å². The molecular formula is C27H30ClN3O4. The maximum Gasteiger partial charge on any atom is 0.276 e. The predicted molar refractivity (Wildman–Crippen MR) is 133 cm³/mol. The lowest BCUT2D eigenvalue weighted by atomic mass is 9.77. The van der Waals surface area contributed by atoms with Gasteiger partial charge < -0.3 is 19.0 Å². The van der Waals surface area contributed by atoms with Crippen molar-refractivity contribution in [3.8, 4) is 5.75 Å². The molecule has 3 aromatic rings. The molecule has 35 heavy (non-hydrogen) atoms. The number of benzene rings is 2. The standard InChI is InChI=1S/C27H30ClN3O4/c1-20-25(29-19-35-20)26(33)31-13-7-12-27(17-31,18-34-23-11-6-10-22(28)14-23)15-24(32)30(2)16-21-8-4-3-5-9-21/h3-6,8-11,14,19H,7,12-13,15-18H2,1-2H3/t27-/m0/s1. The summed E-state index contributed by atoms with van der Waals surface area (Å²) < 4.78 is 11.4. The second-order valence-corrected chi connectivity index (χ2v) is 9.68. The smallest absolute Gasteiger partial charge is 0.276 e. The normalized spacial score (nSPS) is 17.7. The molecule has 2 aromatic carbocycles. The molecule has 184 valence electrons. The molecule has 0 aliphatic carbocycles. The van der Waals surface area contributed by atoms with Gasteiger partial charge in [0.2, 0.25) is 5.91 Å². The van der Waals surface area contributed by atoms with E-state index in [1.165, 1.54) is 6.39 Å². The first-order chi connectivity index (χ1) is 16.8. The van der Waals surface area contributed by atoms with Crippen LogP contribution in [0.15, 0.2) is 65.4 Å². The molecule has 0 unspecified atom stereocenters. The third kappa shape index (κ3) is 6.22. The molecule has 2 amide bonds. The number of piperidine rings is 1. The van der Waals surface area contributed by atoms with E-state index in [1.54, 1.807) is 28.9 Å². The van der Waals surface area contributed by atoms with Gasteiger partial charge in [-0.25, -0.2) is 4.98 Å². The van der Waals surface area contributed by atoms with Crippen molar-refractivity contribution in [2.75, 3.05) is 26.7 Å². The Morgan fingerprint density at radius 2 is 2.00 bits per heavy atom. The molecule has 0 bridgehead atoms. The van der Waals surface area contributed by atoms with E-state index >= 15 is 0 Å². The molecule has 1 fully saturated rings. The van der Waals surface area contributed by atoms with Crippen molar-refractivity contribution >= 4 is 23.4 Å². The number of nitrogens with zero attached hydrogens (tertiary/aromatic N) is 3. The van der Waals surface area contributed by atoms with Gasteiger partial charge in [-0.2, -0.15) is 0 Å². The maximum atomic E-state index is 13.4. The number of amides is 2. The molecule has 1 aromatic heterocycles. The first-order valence-corrected chi connectivity index (χ1v) is 12.1. The number of hydrogen-bond donors (Lipinski definition) is 0. The molecule has 0 saturated carbocycles. The number of hydrogen-bond acceptors (Lipinski definition) is 5. The number of rotatable bonds is 8. The van der Waals surface area contributed by atoms with Gasteiger partial charge in [-0.15, -0.1) is 0 Å². The molecule has 0 radical (unpaired) electrons. The Labute approximate surface area is 210 Å². The van der Waals surface area contributed by atoms with Gasteiger partial charge in [0.25, 0.3) is 5.91 Å². The highest BCUT2D eigenvalue weighted by atomic mass is 35.5. The van der Waals surface area contributed by atoms with Crippen molar-refractivity contribution in [3.63, 3.8) is 0 Å². The van der Waals surface area contributed by atoms with Crippen LogP contribution in [0.1, 0.15) is 41.1 Å². The van der Waals surface area contributed by atoms with Gasteiger partial charge in [-0.3, -0.25) is 9.59 Å². The molecule has 7 nitrogen and oxygen atoms in total. The van der Waals surface area contributed by atoms with Crippen molar-refractivity contribution in [3.05, 3.63) is 83.0 Å². The minimum absolute atomic E-state index is 0.00969. The fourth-order valence-corrected chi connectivity index (χ4v) is 4.73. The van der Waals surface area contributed by atoms with Gasteiger partial charge >= 0.3 is 0 Å². The Hall–Kier alpha value is -3.32. The first kappa shape index (κ1) is 24.8. The van der Waals surface area contributed by atoms with Crippen molar-refractivity contribution in [1.82, 2.24) is 14.8 Å². The van der Waals surface area contributed by atoms with E-state index in [-0.39, 0.29) is 18.2 Å². The average molecular weight is 496 g/mol. The van der Waals surface area contributed by atoms with Gasteiger partial charge in [0.1, 0.15) is 11.5 Å². The summed E-state index contributed by atoms with van der Waals surface area (Å²) in [5.74, 6) is 0.946. The predicted octanol–water partition coefficient (Wildman–Crippen LogP) is 4.99. The van der Waals surface area contributed by atoms with Crippen LogP contribution in [0.5, 0.6) is 5.75 Å². The van der Waals surface area contributed by atoms with E-state index in [2.05, 4.69) is 4.98 Å². The van der Waals surface area contributed by atoms with Crippen LogP contribution in [0.4, 0.5) is 0 Å². The Balaban J connectivity index is 1.53. The van der Waals surface area contributed by atoms with Crippen LogP contribution in [0.25, 0.3) is 0 Å². The molecule has 1 aliphatic rings. The van der Waals surface area contributed by atoms with Crippen LogP contribution in [-0.2, 0) is 11.3 Å². The van der Waals surface area contributed by atoms with Crippen LogP contribution in [0.3, 0.4) is 0 Å². The fraction of sp³-hybridized carbons (Fsp3) is 0.370. The monoisotopic (exact) mass is 495 g/mol. The van der Waals surface area contributed by atoms with E-state index in [4.69, 9.17) is 20.8 Å². The lowest BCUT2D eigenvalue weighted by molar-refractivity contribution is -0.134. The number of aromatic nitrogens is 1. The number of ether oxygens (including phenoxy) is 1. The van der Waals surface area contributed by atoms with Crippen LogP contribution in [-0.4, -0.2) is 53.3 Å². The number of carbonyl (C=O) groups is 2. The summed E-state index contributed by atoms with van der Waals surface area (Å²) in [5.41, 5.74) is 0.828. The van der Waals surface area contributed by atoms with E-state index in [0.29, 0.717) is 48.5 Å². The zero-order valence-corrected chi connectivity index (χ0v) is 20.8. The van der Waals surface area contributed by atoms with E-state index in [0.717, 1.165) is 18.4 Å². The van der Waals surface area contributed by atoms with Gasteiger partial charge in [0.05, 0.1) is 6.61 Å². The average Bonchev–Trinajstić information content (AvgIpc) is 3.29. The zero-order chi connectivity index (χ0) is 24.8. The number of likely N-dealkylation sites (tertiary alicyclic amines) is 1. The van der Waals surface area contributed by atoms with Crippen molar-refractivity contribution in [2.45, 2.75) is 32.7 Å². The van der Waals surface area contributed by atoms with Gasteiger partial charge in [-0.05, 0) is 43.5 Å². The second kappa shape index (κ2) is 11.0. The lowest BCUT2D eigenvalue weighted by Crippen LogP contribution is -2.51. The van der Waals surface area contributed by atoms with E-state index in [1.807, 2.05) is 49.5 Å².